The zero-order chi connectivity index (χ0) is 10.4. The van der Waals surface area contributed by atoms with Crippen LogP contribution in [0.5, 0.6) is 0 Å². The topological polar surface area (TPSA) is 44.3 Å². The van der Waals surface area contributed by atoms with E-state index in [2.05, 4.69) is 17.6 Å². The van der Waals surface area contributed by atoms with Crippen molar-refractivity contribution in [1.29, 1.82) is 0 Å². The Labute approximate surface area is 91.3 Å². The normalized spacial score (nSPS) is 27.0. The first-order chi connectivity index (χ1) is 6.74. The lowest BCUT2D eigenvalue weighted by atomic mass is 9.86. The smallest absolute Gasteiger partial charge is 0.166 e. The molecule has 3 N–H and O–H groups in total. The molecule has 1 aliphatic rings. The molecule has 0 bridgehead atoms. The van der Waals surface area contributed by atoms with Crippen LogP contribution in [0.4, 0.5) is 0 Å². The van der Waals surface area contributed by atoms with Crippen LogP contribution in [0.25, 0.3) is 0 Å². The summed E-state index contributed by atoms with van der Waals surface area (Å²) in [5.74, 6) is 0.706. The summed E-state index contributed by atoms with van der Waals surface area (Å²) in [6.07, 6.45) is 5.14. The van der Waals surface area contributed by atoms with E-state index in [1.165, 1.54) is 25.7 Å². The summed E-state index contributed by atoms with van der Waals surface area (Å²) in [5, 5.41) is 15.6. The predicted molar refractivity (Wildman–Crippen MR) is 62.2 cm³/mol. The molecule has 1 fully saturated rings. The minimum atomic E-state index is 0.127. The van der Waals surface area contributed by atoms with Crippen LogP contribution in [0.1, 0.15) is 32.6 Å². The third kappa shape index (κ3) is 3.80. The van der Waals surface area contributed by atoms with E-state index in [0.29, 0.717) is 23.6 Å². The molecule has 2 atom stereocenters. The Morgan fingerprint density at radius 1 is 1.43 bits per heavy atom. The highest BCUT2D eigenvalue weighted by molar-refractivity contribution is 7.80. The van der Waals surface area contributed by atoms with Crippen LogP contribution in [0.3, 0.4) is 0 Å². The predicted octanol–water partition coefficient (Wildman–Crippen LogP) is 1.02. The van der Waals surface area contributed by atoms with E-state index in [1.54, 1.807) is 0 Å². The zero-order valence-electron chi connectivity index (χ0n) is 8.75. The SMILES string of the molecule is C[C@@H]1CCCCC1NC(=S)NCCO. The van der Waals surface area contributed by atoms with Crippen molar-refractivity contribution in [3.8, 4) is 0 Å². The van der Waals surface area contributed by atoms with Crippen LogP contribution in [0.2, 0.25) is 0 Å². The van der Waals surface area contributed by atoms with Gasteiger partial charge in [0.05, 0.1) is 6.61 Å². The van der Waals surface area contributed by atoms with Gasteiger partial charge in [-0.2, -0.15) is 0 Å². The highest BCUT2D eigenvalue weighted by Gasteiger charge is 2.21. The van der Waals surface area contributed by atoms with Gasteiger partial charge < -0.3 is 15.7 Å². The molecule has 0 amide bonds. The molecule has 14 heavy (non-hydrogen) atoms. The van der Waals surface area contributed by atoms with Crippen LogP contribution in [-0.2, 0) is 0 Å². The van der Waals surface area contributed by atoms with Crippen LogP contribution >= 0.6 is 12.2 Å². The van der Waals surface area contributed by atoms with E-state index in [1.807, 2.05) is 0 Å². The average molecular weight is 216 g/mol. The van der Waals surface area contributed by atoms with E-state index in [9.17, 15) is 0 Å². The number of nitrogens with one attached hydrogen (secondary N) is 2. The first-order valence-corrected chi connectivity index (χ1v) is 5.80. The fourth-order valence-corrected chi connectivity index (χ4v) is 2.17. The minimum absolute atomic E-state index is 0.127. The molecule has 1 unspecified atom stereocenters. The zero-order valence-corrected chi connectivity index (χ0v) is 9.57. The second-order valence-electron chi connectivity index (χ2n) is 3.99. The molecule has 82 valence electrons. The maximum absolute atomic E-state index is 8.62. The van der Waals surface area contributed by atoms with Gasteiger partial charge in [-0.1, -0.05) is 19.8 Å². The van der Waals surface area contributed by atoms with Gasteiger partial charge in [0, 0.05) is 12.6 Å². The van der Waals surface area contributed by atoms with Gasteiger partial charge in [-0.3, -0.25) is 0 Å². The molecule has 0 aromatic rings. The van der Waals surface area contributed by atoms with Crippen molar-refractivity contribution in [2.75, 3.05) is 13.2 Å². The van der Waals surface area contributed by atoms with Crippen LogP contribution < -0.4 is 10.6 Å². The monoisotopic (exact) mass is 216 g/mol. The lowest BCUT2D eigenvalue weighted by molar-refractivity contribution is 0.295. The fraction of sp³-hybridized carbons (Fsp3) is 0.900. The summed E-state index contributed by atoms with van der Waals surface area (Å²) in [6.45, 7) is 2.93. The molecule has 0 radical (unpaired) electrons. The van der Waals surface area contributed by atoms with E-state index in [4.69, 9.17) is 17.3 Å². The van der Waals surface area contributed by atoms with Gasteiger partial charge in [0.25, 0.3) is 0 Å². The molecular formula is C10H20N2OS. The first kappa shape index (κ1) is 11.7. The van der Waals surface area contributed by atoms with E-state index in [0.717, 1.165) is 0 Å². The third-order valence-electron chi connectivity index (χ3n) is 2.83. The van der Waals surface area contributed by atoms with Crippen molar-refractivity contribution >= 4 is 17.3 Å². The van der Waals surface area contributed by atoms with Gasteiger partial charge >= 0.3 is 0 Å². The number of hydrogen-bond acceptors (Lipinski definition) is 2. The molecule has 4 heteroatoms. The molecular weight excluding hydrogens is 196 g/mol. The maximum Gasteiger partial charge on any atom is 0.166 e. The first-order valence-electron chi connectivity index (χ1n) is 5.39. The van der Waals surface area contributed by atoms with Gasteiger partial charge in [-0.15, -0.1) is 0 Å². The summed E-state index contributed by atoms with van der Waals surface area (Å²) < 4.78 is 0. The molecule has 1 saturated carbocycles. The van der Waals surface area contributed by atoms with Crippen molar-refractivity contribution in [3.05, 3.63) is 0 Å². The maximum atomic E-state index is 8.62. The molecule has 3 nitrogen and oxygen atoms in total. The van der Waals surface area contributed by atoms with Crippen molar-refractivity contribution < 1.29 is 5.11 Å². The Hall–Kier alpha value is -0.350. The highest BCUT2D eigenvalue weighted by atomic mass is 32.1. The lowest BCUT2D eigenvalue weighted by Gasteiger charge is -2.30. The van der Waals surface area contributed by atoms with Crippen LogP contribution in [0, 0.1) is 5.92 Å². The number of aliphatic hydroxyl groups is 1. The Balaban J connectivity index is 2.23. The van der Waals surface area contributed by atoms with Gasteiger partial charge in [0.2, 0.25) is 0 Å². The molecule has 0 aromatic heterocycles. The fourth-order valence-electron chi connectivity index (χ4n) is 1.92. The molecule has 0 aliphatic heterocycles. The quantitative estimate of drug-likeness (QED) is 0.616. The Morgan fingerprint density at radius 3 is 2.79 bits per heavy atom. The Morgan fingerprint density at radius 2 is 2.14 bits per heavy atom. The molecule has 1 aliphatic carbocycles. The molecule has 0 aromatic carbocycles. The van der Waals surface area contributed by atoms with E-state index in [-0.39, 0.29) is 6.61 Å². The minimum Gasteiger partial charge on any atom is -0.395 e. The lowest BCUT2D eigenvalue weighted by Crippen LogP contribution is -2.46. The Bertz CT molecular complexity index is 187. The van der Waals surface area contributed by atoms with Crippen LogP contribution in [-0.4, -0.2) is 29.4 Å². The number of hydrogen-bond donors (Lipinski definition) is 3. The number of rotatable bonds is 3. The second kappa shape index (κ2) is 6.19. The van der Waals surface area contributed by atoms with Gasteiger partial charge in [0.1, 0.15) is 0 Å². The molecule has 0 saturated heterocycles. The number of thiocarbonyl (C=S) groups is 1. The van der Waals surface area contributed by atoms with Crippen molar-refractivity contribution in [2.24, 2.45) is 5.92 Å². The second-order valence-corrected chi connectivity index (χ2v) is 4.40. The Kier molecular flexibility index (Phi) is 5.19. The summed E-state index contributed by atoms with van der Waals surface area (Å²) in [7, 11) is 0. The highest BCUT2D eigenvalue weighted by Crippen LogP contribution is 2.23. The summed E-state index contributed by atoms with van der Waals surface area (Å²) in [6, 6.07) is 0.516. The molecule has 1 rings (SSSR count). The van der Waals surface area contributed by atoms with E-state index >= 15 is 0 Å². The average Bonchev–Trinajstić information content (AvgIpc) is 2.18. The molecule has 0 spiro atoms. The van der Waals surface area contributed by atoms with Gasteiger partial charge in [0.15, 0.2) is 5.11 Å². The largest absolute Gasteiger partial charge is 0.395 e. The van der Waals surface area contributed by atoms with Gasteiger partial charge in [-0.05, 0) is 31.0 Å². The number of aliphatic hydroxyl groups excluding tert-OH is 1. The summed E-state index contributed by atoms with van der Waals surface area (Å²) in [5.41, 5.74) is 0. The van der Waals surface area contributed by atoms with Crippen molar-refractivity contribution in [2.45, 2.75) is 38.6 Å². The standard InChI is InChI=1S/C10H20N2OS/c1-8-4-2-3-5-9(8)12-10(14)11-6-7-13/h8-9,13H,2-7H2,1H3,(H2,11,12,14)/t8-,9?/m1/s1. The van der Waals surface area contributed by atoms with Gasteiger partial charge in [-0.25, -0.2) is 0 Å². The molecule has 0 heterocycles. The summed E-state index contributed by atoms with van der Waals surface area (Å²) >= 11 is 5.12. The van der Waals surface area contributed by atoms with E-state index < -0.39 is 0 Å². The van der Waals surface area contributed by atoms with Crippen molar-refractivity contribution in [1.82, 2.24) is 10.6 Å². The van der Waals surface area contributed by atoms with Crippen molar-refractivity contribution in [3.63, 3.8) is 0 Å². The summed E-state index contributed by atoms with van der Waals surface area (Å²) in [4.78, 5) is 0. The van der Waals surface area contributed by atoms with Crippen LogP contribution in [0.15, 0.2) is 0 Å². The third-order valence-corrected chi connectivity index (χ3v) is 3.09.